The highest BCUT2D eigenvalue weighted by Crippen LogP contribution is 2.40. The molecular formula is C16H12N2O2. The lowest BCUT2D eigenvalue weighted by Gasteiger charge is -2.14. The van der Waals surface area contributed by atoms with E-state index in [1.165, 1.54) is 0 Å². The summed E-state index contributed by atoms with van der Waals surface area (Å²) in [5.74, 6) is 1.19. The van der Waals surface area contributed by atoms with Gasteiger partial charge in [-0.05, 0) is 18.2 Å². The summed E-state index contributed by atoms with van der Waals surface area (Å²) in [6, 6.07) is 14.6. The number of hydrogen-bond acceptors (Lipinski definition) is 4. The molecule has 0 heterocycles. The molecule has 2 aromatic rings. The molecule has 0 aliphatic rings. The summed E-state index contributed by atoms with van der Waals surface area (Å²) < 4.78 is 10.7. The molecule has 0 fully saturated rings. The Hall–Kier alpha value is -2.98. The van der Waals surface area contributed by atoms with E-state index in [0.717, 1.165) is 0 Å². The lowest BCUT2D eigenvalue weighted by molar-refractivity contribution is 0.397. The zero-order valence-electron chi connectivity index (χ0n) is 11.2. The van der Waals surface area contributed by atoms with Gasteiger partial charge in [0, 0.05) is 5.56 Å². The topological polar surface area (TPSA) is 66.0 Å². The van der Waals surface area contributed by atoms with Crippen molar-refractivity contribution in [3.8, 4) is 34.8 Å². The van der Waals surface area contributed by atoms with Crippen LogP contribution >= 0.6 is 0 Å². The number of nitriles is 2. The average Bonchev–Trinajstić information content (AvgIpc) is 2.52. The predicted molar refractivity (Wildman–Crippen MR) is 74.4 cm³/mol. The minimum Gasteiger partial charge on any atom is -0.496 e. The normalized spacial score (nSPS) is 9.40. The molecular weight excluding hydrogens is 252 g/mol. The number of hydrogen-bond donors (Lipinski definition) is 0. The van der Waals surface area contributed by atoms with E-state index in [1.54, 1.807) is 50.6 Å². The van der Waals surface area contributed by atoms with Gasteiger partial charge in [-0.2, -0.15) is 10.5 Å². The minimum atomic E-state index is 0.317. The van der Waals surface area contributed by atoms with E-state index in [9.17, 15) is 5.26 Å². The van der Waals surface area contributed by atoms with Crippen molar-refractivity contribution in [1.29, 1.82) is 10.5 Å². The van der Waals surface area contributed by atoms with E-state index < -0.39 is 0 Å². The smallest absolute Gasteiger partial charge is 0.130 e. The Bertz CT molecular complexity index is 702. The van der Waals surface area contributed by atoms with Crippen LogP contribution < -0.4 is 9.47 Å². The molecule has 0 aliphatic carbocycles. The quantitative estimate of drug-likeness (QED) is 0.854. The molecule has 20 heavy (non-hydrogen) atoms. The predicted octanol–water partition coefficient (Wildman–Crippen LogP) is 3.11. The molecule has 0 saturated heterocycles. The lowest BCUT2D eigenvalue weighted by atomic mass is 9.95. The maximum Gasteiger partial charge on any atom is 0.130 e. The van der Waals surface area contributed by atoms with Crippen molar-refractivity contribution >= 4 is 0 Å². The van der Waals surface area contributed by atoms with Crippen molar-refractivity contribution in [2.75, 3.05) is 14.2 Å². The fourth-order valence-corrected chi connectivity index (χ4v) is 2.09. The maximum atomic E-state index is 9.34. The first-order valence-corrected chi connectivity index (χ1v) is 5.91. The fourth-order valence-electron chi connectivity index (χ4n) is 2.09. The van der Waals surface area contributed by atoms with E-state index in [-0.39, 0.29) is 0 Å². The molecule has 4 nitrogen and oxygen atoms in total. The van der Waals surface area contributed by atoms with Gasteiger partial charge in [0.05, 0.1) is 30.9 Å². The maximum absolute atomic E-state index is 9.34. The first kappa shape index (κ1) is 13.5. The minimum absolute atomic E-state index is 0.317. The van der Waals surface area contributed by atoms with Gasteiger partial charge in [0.1, 0.15) is 23.6 Å². The van der Waals surface area contributed by atoms with E-state index >= 15 is 0 Å². The number of nitrogens with zero attached hydrogens (tertiary/aromatic N) is 2. The second-order valence-electron chi connectivity index (χ2n) is 3.99. The molecule has 0 saturated carbocycles. The molecule has 0 atom stereocenters. The first-order valence-electron chi connectivity index (χ1n) is 5.91. The highest BCUT2D eigenvalue weighted by atomic mass is 16.5. The van der Waals surface area contributed by atoms with Crippen LogP contribution in [0.2, 0.25) is 0 Å². The highest BCUT2D eigenvalue weighted by molar-refractivity contribution is 5.82. The van der Waals surface area contributed by atoms with Crippen LogP contribution in [-0.4, -0.2) is 14.2 Å². The Balaban J connectivity index is 2.82. The third-order valence-corrected chi connectivity index (χ3v) is 2.99. The van der Waals surface area contributed by atoms with Crippen LogP contribution in [0.15, 0.2) is 36.4 Å². The van der Waals surface area contributed by atoms with Gasteiger partial charge >= 0.3 is 0 Å². The Kier molecular flexibility index (Phi) is 3.88. The van der Waals surface area contributed by atoms with Crippen LogP contribution in [0.5, 0.6) is 11.5 Å². The second-order valence-corrected chi connectivity index (χ2v) is 3.99. The van der Waals surface area contributed by atoms with E-state index in [0.29, 0.717) is 33.8 Å². The second kappa shape index (κ2) is 5.77. The summed E-state index contributed by atoms with van der Waals surface area (Å²) in [4.78, 5) is 0. The van der Waals surface area contributed by atoms with Crippen LogP contribution in [0.3, 0.4) is 0 Å². The van der Waals surface area contributed by atoms with Crippen LogP contribution in [-0.2, 0) is 0 Å². The van der Waals surface area contributed by atoms with Crippen LogP contribution in [0.1, 0.15) is 11.1 Å². The van der Waals surface area contributed by atoms with Crippen LogP contribution in [0.25, 0.3) is 11.1 Å². The number of methoxy groups -OCH3 is 2. The van der Waals surface area contributed by atoms with Gasteiger partial charge in [-0.15, -0.1) is 0 Å². The van der Waals surface area contributed by atoms with E-state index in [2.05, 4.69) is 6.07 Å². The molecule has 0 unspecified atom stereocenters. The third kappa shape index (κ3) is 2.15. The van der Waals surface area contributed by atoms with Crippen LogP contribution in [0.4, 0.5) is 0 Å². The Morgan fingerprint density at radius 2 is 1.45 bits per heavy atom. The molecule has 0 amide bonds. The van der Waals surface area contributed by atoms with Crippen molar-refractivity contribution in [1.82, 2.24) is 0 Å². The lowest BCUT2D eigenvalue weighted by Crippen LogP contribution is -1.96. The van der Waals surface area contributed by atoms with Gasteiger partial charge < -0.3 is 9.47 Å². The summed E-state index contributed by atoms with van der Waals surface area (Å²) >= 11 is 0. The molecule has 0 radical (unpaired) electrons. The van der Waals surface area contributed by atoms with E-state index in [4.69, 9.17) is 14.7 Å². The monoisotopic (exact) mass is 264 g/mol. The standard InChI is InChI=1S/C16H12N2O2/c1-19-14-7-4-8-15(20-2)16(14)12-6-3-5-11(9-17)13(12)10-18/h3-8H,1-2H3. The molecule has 0 aromatic heterocycles. The fraction of sp³-hybridized carbons (Fsp3) is 0.125. The highest BCUT2D eigenvalue weighted by Gasteiger charge is 2.17. The molecule has 2 aromatic carbocycles. The van der Waals surface area contributed by atoms with Gasteiger partial charge in [-0.3, -0.25) is 0 Å². The Labute approximate surface area is 117 Å². The summed E-state index contributed by atoms with van der Waals surface area (Å²) in [6.45, 7) is 0. The van der Waals surface area contributed by atoms with Gasteiger partial charge in [-0.1, -0.05) is 18.2 Å². The summed E-state index contributed by atoms with van der Waals surface area (Å²) in [5.41, 5.74) is 1.95. The van der Waals surface area contributed by atoms with Gasteiger partial charge in [0.25, 0.3) is 0 Å². The van der Waals surface area contributed by atoms with Crippen molar-refractivity contribution in [3.63, 3.8) is 0 Å². The molecule has 0 aliphatic heterocycles. The van der Waals surface area contributed by atoms with Crippen molar-refractivity contribution < 1.29 is 9.47 Å². The number of ether oxygens (including phenoxy) is 2. The molecule has 0 bridgehead atoms. The molecule has 0 spiro atoms. The summed E-state index contributed by atoms with van der Waals surface area (Å²) in [5, 5.41) is 18.4. The molecule has 4 heteroatoms. The molecule has 98 valence electrons. The summed E-state index contributed by atoms with van der Waals surface area (Å²) in [6.07, 6.45) is 0. The van der Waals surface area contributed by atoms with Crippen molar-refractivity contribution in [2.45, 2.75) is 0 Å². The average molecular weight is 264 g/mol. The van der Waals surface area contributed by atoms with Gasteiger partial charge in [-0.25, -0.2) is 0 Å². The number of rotatable bonds is 3. The summed E-state index contributed by atoms with van der Waals surface area (Å²) in [7, 11) is 3.11. The zero-order valence-corrected chi connectivity index (χ0v) is 11.2. The number of benzene rings is 2. The SMILES string of the molecule is COc1cccc(OC)c1-c1cccc(C#N)c1C#N. The van der Waals surface area contributed by atoms with Gasteiger partial charge in [0.15, 0.2) is 0 Å². The first-order chi connectivity index (χ1) is 9.76. The molecule has 2 rings (SSSR count). The third-order valence-electron chi connectivity index (χ3n) is 2.99. The van der Waals surface area contributed by atoms with Crippen molar-refractivity contribution in [3.05, 3.63) is 47.5 Å². The Morgan fingerprint density at radius 1 is 0.850 bits per heavy atom. The van der Waals surface area contributed by atoms with Crippen LogP contribution in [0, 0.1) is 22.7 Å². The van der Waals surface area contributed by atoms with E-state index in [1.807, 2.05) is 6.07 Å². The van der Waals surface area contributed by atoms with Gasteiger partial charge in [0.2, 0.25) is 0 Å². The Morgan fingerprint density at radius 3 is 1.95 bits per heavy atom. The molecule has 0 N–H and O–H groups in total. The zero-order chi connectivity index (χ0) is 14.5. The largest absolute Gasteiger partial charge is 0.496 e. The van der Waals surface area contributed by atoms with Crippen molar-refractivity contribution in [2.24, 2.45) is 0 Å².